The van der Waals surface area contributed by atoms with Gasteiger partial charge in [-0.25, -0.2) is 4.79 Å². The van der Waals surface area contributed by atoms with E-state index in [1.54, 1.807) is 7.11 Å². The Bertz CT molecular complexity index is 1260. The van der Waals surface area contributed by atoms with Crippen LogP contribution in [-0.4, -0.2) is 70.4 Å². The van der Waals surface area contributed by atoms with E-state index in [1.807, 2.05) is 60.4 Å². The van der Waals surface area contributed by atoms with Crippen LogP contribution in [0.3, 0.4) is 0 Å². The molecule has 2 atom stereocenters. The monoisotopic (exact) mass is 458 g/mol. The first-order valence-corrected chi connectivity index (χ1v) is 12.1. The Balaban J connectivity index is 1.46. The van der Waals surface area contributed by atoms with Gasteiger partial charge in [-0.05, 0) is 62.2 Å². The third-order valence-electron chi connectivity index (χ3n) is 7.83. The lowest BCUT2D eigenvalue weighted by atomic mass is 9.81. The molecule has 0 unspecified atom stereocenters. The highest BCUT2D eigenvalue weighted by atomic mass is 16.5. The zero-order chi connectivity index (χ0) is 23.4. The number of fused-ring (bicyclic) bond motifs is 4. The predicted molar refractivity (Wildman–Crippen MR) is 130 cm³/mol. The molecule has 0 spiro atoms. The summed E-state index contributed by atoms with van der Waals surface area (Å²) in [6, 6.07) is 15.4. The molecule has 6 rings (SSSR count). The van der Waals surface area contributed by atoms with E-state index in [2.05, 4.69) is 9.88 Å². The number of methoxy groups -OCH3 is 1. The Kier molecular flexibility index (Phi) is 4.92. The minimum Gasteiger partial charge on any atom is -0.497 e. The summed E-state index contributed by atoms with van der Waals surface area (Å²) in [4.78, 5) is 36.9. The summed E-state index contributed by atoms with van der Waals surface area (Å²) in [5, 5.41) is 1.05. The van der Waals surface area contributed by atoms with Crippen LogP contribution in [0.5, 0.6) is 5.75 Å². The molecule has 3 aromatic rings. The number of amides is 3. The lowest BCUT2D eigenvalue weighted by molar-refractivity contribution is -0.133. The lowest BCUT2D eigenvalue weighted by Crippen LogP contribution is -2.53. The van der Waals surface area contributed by atoms with Gasteiger partial charge in [0, 0.05) is 36.1 Å². The maximum atomic E-state index is 13.9. The Morgan fingerprint density at radius 3 is 2.56 bits per heavy atom. The molecule has 2 fully saturated rings. The van der Waals surface area contributed by atoms with E-state index in [-0.39, 0.29) is 18.0 Å². The number of nitrogens with one attached hydrogen (secondary N) is 1. The number of aromatic nitrogens is 1. The maximum Gasteiger partial charge on any atom is 0.328 e. The molecule has 34 heavy (non-hydrogen) atoms. The second kappa shape index (κ2) is 7.87. The van der Waals surface area contributed by atoms with Crippen LogP contribution < -0.4 is 4.74 Å². The van der Waals surface area contributed by atoms with Gasteiger partial charge in [0.15, 0.2) is 0 Å². The molecule has 7 nitrogen and oxygen atoms in total. The van der Waals surface area contributed by atoms with Crippen LogP contribution in [0, 0.1) is 0 Å². The second-order valence-electron chi connectivity index (χ2n) is 9.85. The molecule has 0 saturated carbocycles. The van der Waals surface area contributed by atoms with Crippen LogP contribution in [0.4, 0.5) is 4.79 Å². The van der Waals surface area contributed by atoms with Crippen molar-refractivity contribution in [2.45, 2.75) is 37.8 Å². The fourth-order valence-corrected chi connectivity index (χ4v) is 6.05. The standard InChI is InChI=1S/C27H30N4O3/c1-27-17-21-20-16-19(34-2)10-11-22(20)28-23(21)24(18-8-4-3-5-9-18)31(27)26(33)30(25(27)32)15-14-29-12-6-7-13-29/h3-5,8-11,16,24,28H,6-7,12-15,17H2,1-2H3/t24-,27+/m1/s1. The van der Waals surface area contributed by atoms with Gasteiger partial charge in [-0.15, -0.1) is 0 Å². The number of carbonyl (C=O) groups is 2. The highest BCUT2D eigenvalue weighted by Gasteiger charge is 2.60. The molecule has 4 heterocycles. The van der Waals surface area contributed by atoms with E-state index < -0.39 is 5.54 Å². The van der Waals surface area contributed by atoms with Crippen LogP contribution in [0.25, 0.3) is 10.9 Å². The summed E-state index contributed by atoms with van der Waals surface area (Å²) in [7, 11) is 1.66. The van der Waals surface area contributed by atoms with Crippen molar-refractivity contribution in [1.82, 2.24) is 19.7 Å². The van der Waals surface area contributed by atoms with Gasteiger partial charge in [0.1, 0.15) is 17.3 Å². The Morgan fingerprint density at radius 1 is 1.06 bits per heavy atom. The summed E-state index contributed by atoms with van der Waals surface area (Å²) < 4.78 is 5.48. The summed E-state index contributed by atoms with van der Waals surface area (Å²) in [5.74, 6) is 0.680. The Morgan fingerprint density at radius 2 is 1.82 bits per heavy atom. The van der Waals surface area contributed by atoms with Gasteiger partial charge >= 0.3 is 6.03 Å². The molecule has 3 aliphatic heterocycles. The normalized spacial score (nSPS) is 24.7. The van der Waals surface area contributed by atoms with Gasteiger partial charge in [0.2, 0.25) is 0 Å². The van der Waals surface area contributed by atoms with Crippen LogP contribution in [0.15, 0.2) is 48.5 Å². The first kappa shape index (κ1) is 21.2. The predicted octanol–water partition coefficient (Wildman–Crippen LogP) is 3.94. The number of ether oxygens (including phenoxy) is 1. The van der Waals surface area contributed by atoms with Crippen molar-refractivity contribution >= 4 is 22.8 Å². The smallest absolute Gasteiger partial charge is 0.328 e. The zero-order valence-corrected chi connectivity index (χ0v) is 19.7. The fraction of sp³-hybridized carbons (Fsp3) is 0.407. The first-order chi connectivity index (χ1) is 16.5. The number of urea groups is 1. The molecular weight excluding hydrogens is 428 g/mol. The first-order valence-electron chi connectivity index (χ1n) is 12.1. The van der Waals surface area contributed by atoms with E-state index in [0.717, 1.165) is 53.1 Å². The summed E-state index contributed by atoms with van der Waals surface area (Å²) in [6.07, 6.45) is 2.85. The van der Waals surface area contributed by atoms with Gasteiger partial charge in [-0.2, -0.15) is 0 Å². The van der Waals surface area contributed by atoms with Crippen molar-refractivity contribution in [2.75, 3.05) is 33.3 Å². The second-order valence-corrected chi connectivity index (χ2v) is 9.85. The Hall–Kier alpha value is -3.32. The van der Waals surface area contributed by atoms with Crippen LogP contribution in [0.1, 0.15) is 42.6 Å². The van der Waals surface area contributed by atoms with Gasteiger partial charge < -0.3 is 14.6 Å². The maximum absolute atomic E-state index is 13.9. The average molecular weight is 459 g/mol. The van der Waals surface area contributed by atoms with E-state index in [0.29, 0.717) is 13.0 Å². The molecular formula is C27H30N4O3. The summed E-state index contributed by atoms with van der Waals surface area (Å²) in [5.41, 5.74) is 3.12. The fourth-order valence-electron chi connectivity index (χ4n) is 6.05. The van der Waals surface area contributed by atoms with Crippen molar-refractivity contribution in [1.29, 1.82) is 0 Å². The molecule has 2 saturated heterocycles. The zero-order valence-electron chi connectivity index (χ0n) is 19.7. The number of likely N-dealkylation sites (tertiary alicyclic amines) is 1. The quantitative estimate of drug-likeness (QED) is 0.588. The lowest BCUT2D eigenvalue weighted by Gasteiger charge is -2.42. The van der Waals surface area contributed by atoms with Crippen molar-refractivity contribution in [2.24, 2.45) is 0 Å². The van der Waals surface area contributed by atoms with E-state index >= 15 is 0 Å². The van der Waals surface area contributed by atoms with Crippen LogP contribution in [0.2, 0.25) is 0 Å². The average Bonchev–Trinajstić information content (AvgIpc) is 3.54. The van der Waals surface area contributed by atoms with E-state index in [4.69, 9.17) is 4.74 Å². The van der Waals surface area contributed by atoms with Crippen LogP contribution in [-0.2, 0) is 11.2 Å². The summed E-state index contributed by atoms with van der Waals surface area (Å²) in [6.45, 7) is 5.20. The largest absolute Gasteiger partial charge is 0.497 e. The van der Waals surface area contributed by atoms with Crippen LogP contribution >= 0.6 is 0 Å². The summed E-state index contributed by atoms with van der Waals surface area (Å²) >= 11 is 0. The number of nitrogens with zero attached hydrogens (tertiary/aromatic N) is 3. The number of aromatic amines is 1. The van der Waals surface area contributed by atoms with Gasteiger partial charge in [-0.3, -0.25) is 14.6 Å². The molecule has 2 aromatic carbocycles. The molecule has 3 amide bonds. The van der Waals surface area contributed by atoms with Gasteiger partial charge in [-0.1, -0.05) is 30.3 Å². The van der Waals surface area contributed by atoms with E-state index in [9.17, 15) is 9.59 Å². The minimum absolute atomic E-state index is 0.0967. The molecule has 1 aromatic heterocycles. The number of carbonyl (C=O) groups excluding carboxylic acids is 2. The Labute approximate surface area is 199 Å². The molecule has 0 aliphatic carbocycles. The number of hydrogen-bond acceptors (Lipinski definition) is 4. The molecule has 176 valence electrons. The number of H-pyrrole nitrogens is 1. The van der Waals surface area contributed by atoms with E-state index in [1.165, 1.54) is 17.7 Å². The van der Waals surface area contributed by atoms with Crippen molar-refractivity contribution in [3.05, 3.63) is 65.4 Å². The number of imide groups is 1. The van der Waals surface area contributed by atoms with Crippen molar-refractivity contribution in [3.8, 4) is 5.75 Å². The molecule has 0 radical (unpaired) electrons. The molecule has 1 N–H and O–H groups in total. The number of benzene rings is 2. The third-order valence-corrected chi connectivity index (χ3v) is 7.83. The minimum atomic E-state index is -0.937. The molecule has 7 heteroatoms. The van der Waals surface area contributed by atoms with Crippen molar-refractivity contribution < 1.29 is 14.3 Å². The SMILES string of the molecule is COc1ccc2[nH]c3c(c2c1)C[C@@]1(C)C(=O)N(CCN2CCCC2)C(=O)N1[C@@H]3c1ccccc1. The van der Waals surface area contributed by atoms with Gasteiger partial charge in [0.05, 0.1) is 7.11 Å². The molecule has 0 bridgehead atoms. The number of rotatable bonds is 5. The third kappa shape index (κ3) is 3.06. The van der Waals surface area contributed by atoms with Gasteiger partial charge in [0.25, 0.3) is 5.91 Å². The molecule has 3 aliphatic rings. The van der Waals surface area contributed by atoms with Crippen molar-refractivity contribution in [3.63, 3.8) is 0 Å². The highest BCUT2D eigenvalue weighted by Crippen LogP contribution is 2.48. The highest BCUT2D eigenvalue weighted by molar-refractivity contribution is 6.08. The topological polar surface area (TPSA) is 68.9 Å². The number of hydrogen-bond donors (Lipinski definition) is 1.